The van der Waals surface area contributed by atoms with Gasteiger partial charge in [0.05, 0.1) is 0 Å². The first-order valence-electron chi connectivity index (χ1n) is 5.76. The lowest BCUT2D eigenvalue weighted by Gasteiger charge is -2.08. The van der Waals surface area contributed by atoms with E-state index in [0.717, 1.165) is 16.9 Å². The number of hydrogen-bond donors (Lipinski definition) is 2. The van der Waals surface area contributed by atoms with E-state index < -0.39 is 16.6 Å². The summed E-state index contributed by atoms with van der Waals surface area (Å²) >= 11 is 1.06. The largest absolute Gasteiger partial charge is 0.435 e. The Bertz CT molecular complexity index is 700. The Kier molecular flexibility index (Phi) is 4.76. The van der Waals surface area contributed by atoms with Crippen molar-refractivity contribution in [3.05, 3.63) is 41.3 Å². The van der Waals surface area contributed by atoms with Gasteiger partial charge < -0.3 is 10.5 Å². The Morgan fingerprint density at radius 3 is 2.48 bits per heavy atom. The van der Waals surface area contributed by atoms with Crippen LogP contribution in [0.1, 0.15) is 5.56 Å². The van der Waals surface area contributed by atoms with Crippen LogP contribution in [0.4, 0.5) is 14.5 Å². The molecule has 1 aromatic heterocycles. The van der Waals surface area contributed by atoms with Crippen LogP contribution in [-0.4, -0.2) is 15.0 Å². The number of nitrogens with two attached hydrogens (primary N) is 1. The summed E-state index contributed by atoms with van der Waals surface area (Å²) in [4.78, 5) is 0. The van der Waals surface area contributed by atoms with Crippen molar-refractivity contribution in [3.63, 3.8) is 0 Å². The molecule has 0 unspecified atom stereocenters. The number of alkyl halides is 2. The third kappa shape index (κ3) is 4.13. The highest BCUT2D eigenvalue weighted by Crippen LogP contribution is 2.24. The molecular formula is C12H12F2N2O3S2. The molecule has 0 aliphatic rings. The average molecular weight is 334 g/mol. The van der Waals surface area contributed by atoms with E-state index in [2.05, 4.69) is 9.46 Å². The Labute approximate surface area is 124 Å². The van der Waals surface area contributed by atoms with Crippen molar-refractivity contribution in [3.8, 4) is 5.75 Å². The minimum absolute atomic E-state index is 0.0468. The molecular weight excluding hydrogens is 322 g/mol. The van der Waals surface area contributed by atoms with Crippen molar-refractivity contribution in [1.82, 2.24) is 0 Å². The van der Waals surface area contributed by atoms with Gasteiger partial charge in [0.15, 0.2) is 0 Å². The number of benzene rings is 1. The molecule has 0 amide bonds. The molecule has 2 rings (SSSR count). The molecule has 0 aliphatic carbocycles. The van der Waals surface area contributed by atoms with E-state index >= 15 is 0 Å². The van der Waals surface area contributed by atoms with Gasteiger partial charge in [0.1, 0.15) is 9.96 Å². The molecule has 0 fully saturated rings. The van der Waals surface area contributed by atoms with Crippen LogP contribution in [0.3, 0.4) is 0 Å². The standard InChI is InChI=1S/C12H12F2N2O3S2/c13-12(14)19-10-3-1-9(2-4-10)16-21(17,18)11-5-8(6-15)7-20-11/h1-5,7,12,16H,6,15H2. The number of hydrogen-bond acceptors (Lipinski definition) is 5. The average Bonchev–Trinajstić information content (AvgIpc) is 2.90. The molecule has 3 N–H and O–H groups in total. The summed E-state index contributed by atoms with van der Waals surface area (Å²) < 4.78 is 54.9. The first kappa shape index (κ1) is 15.7. The van der Waals surface area contributed by atoms with Gasteiger partial charge in [-0.1, -0.05) is 0 Å². The van der Waals surface area contributed by atoms with E-state index in [4.69, 9.17) is 5.73 Å². The third-order valence-corrected chi connectivity index (χ3v) is 5.33. The Morgan fingerprint density at radius 1 is 1.29 bits per heavy atom. The SMILES string of the molecule is NCc1csc(S(=O)(=O)Nc2ccc(OC(F)F)cc2)c1. The summed E-state index contributed by atoms with van der Waals surface area (Å²) in [5.41, 5.74) is 6.40. The van der Waals surface area contributed by atoms with Gasteiger partial charge in [0.25, 0.3) is 10.0 Å². The zero-order chi connectivity index (χ0) is 15.5. The lowest BCUT2D eigenvalue weighted by molar-refractivity contribution is -0.0498. The molecule has 5 nitrogen and oxygen atoms in total. The van der Waals surface area contributed by atoms with Crippen molar-refractivity contribution in [1.29, 1.82) is 0 Å². The van der Waals surface area contributed by atoms with Crippen molar-refractivity contribution in [2.24, 2.45) is 5.73 Å². The van der Waals surface area contributed by atoms with Crippen LogP contribution in [0.25, 0.3) is 0 Å². The van der Waals surface area contributed by atoms with Crippen LogP contribution in [0, 0.1) is 0 Å². The molecule has 0 spiro atoms. The van der Waals surface area contributed by atoms with Gasteiger partial charge in [0, 0.05) is 12.2 Å². The predicted molar refractivity (Wildman–Crippen MR) is 76.1 cm³/mol. The summed E-state index contributed by atoms with van der Waals surface area (Å²) in [5.74, 6) is -0.0468. The highest BCUT2D eigenvalue weighted by atomic mass is 32.2. The first-order chi connectivity index (χ1) is 9.90. The van der Waals surface area contributed by atoms with E-state index in [1.165, 1.54) is 30.3 Å². The predicted octanol–water partition coefficient (Wildman–Crippen LogP) is 2.61. The molecule has 1 heterocycles. The zero-order valence-corrected chi connectivity index (χ0v) is 12.3. The topological polar surface area (TPSA) is 81.4 Å². The minimum Gasteiger partial charge on any atom is -0.435 e. The van der Waals surface area contributed by atoms with Crippen LogP contribution in [-0.2, 0) is 16.6 Å². The van der Waals surface area contributed by atoms with Crippen molar-refractivity contribution >= 4 is 27.0 Å². The number of nitrogens with one attached hydrogen (secondary N) is 1. The molecule has 1 aromatic carbocycles. The van der Waals surface area contributed by atoms with Crippen molar-refractivity contribution < 1.29 is 21.9 Å². The number of anilines is 1. The fraction of sp³-hybridized carbons (Fsp3) is 0.167. The highest BCUT2D eigenvalue weighted by molar-refractivity contribution is 7.94. The fourth-order valence-corrected chi connectivity index (χ4v) is 3.79. The van der Waals surface area contributed by atoms with Gasteiger partial charge in [-0.2, -0.15) is 8.78 Å². The Hall–Kier alpha value is -1.71. The quantitative estimate of drug-likeness (QED) is 0.851. The summed E-state index contributed by atoms with van der Waals surface area (Å²) in [5, 5.41) is 1.66. The normalized spacial score (nSPS) is 11.6. The highest BCUT2D eigenvalue weighted by Gasteiger charge is 2.16. The smallest absolute Gasteiger partial charge is 0.387 e. The number of halogens is 2. The maximum Gasteiger partial charge on any atom is 0.387 e. The van der Waals surface area contributed by atoms with Gasteiger partial charge in [0.2, 0.25) is 0 Å². The van der Waals surface area contributed by atoms with Gasteiger partial charge in [-0.25, -0.2) is 8.42 Å². The molecule has 114 valence electrons. The molecule has 0 aliphatic heterocycles. The summed E-state index contributed by atoms with van der Waals surface area (Å²) in [7, 11) is -3.71. The van der Waals surface area contributed by atoms with E-state index in [9.17, 15) is 17.2 Å². The van der Waals surface area contributed by atoms with Gasteiger partial charge in [-0.15, -0.1) is 11.3 Å². The maximum absolute atomic E-state index is 12.1. The summed E-state index contributed by atoms with van der Waals surface area (Å²) in [6.07, 6.45) is 0. The van der Waals surface area contributed by atoms with E-state index in [-0.39, 0.29) is 22.2 Å². The molecule has 0 atom stereocenters. The first-order valence-corrected chi connectivity index (χ1v) is 8.12. The van der Waals surface area contributed by atoms with Crippen LogP contribution < -0.4 is 15.2 Å². The second-order valence-corrected chi connectivity index (χ2v) is 6.81. The van der Waals surface area contributed by atoms with E-state index in [0.29, 0.717) is 0 Å². The second-order valence-electron chi connectivity index (χ2n) is 3.99. The molecule has 0 bridgehead atoms. The number of sulfonamides is 1. The lowest BCUT2D eigenvalue weighted by Crippen LogP contribution is -2.11. The second kappa shape index (κ2) is 6.37. The number of ether oxygens (including phenoxy) is 1. The van der Waals surface area contributed by atoms with E-state index in [1.807, 2.05) is 0 Å². The van der Waals surface area contributed by atoms with E-state index in [1.54, 1.807) is 5.38 Å². The van der Waals surface area contributed by atoms with Crippen molar-refractivity contribution in [2.45, 2.75) is 17.4 Å². The van der Waals surface area contributed by atoms with Gasteiger partial charge in [-0.05, 0) is 41.3 Å². The maximum atomic E-state index is 12.1. The number of rotatable bonds is 6. The van der Waals surface area contributed by atoms with Gasteiger partial charge >= 0.3 is 6.61 Å². The Balaban J connectivity index is 2.13. The molecule has 0 saturated carbocycles. The van der Waals surface area contributed by atoms with Gasteiger partial charge in [-0.3, -0.25) is 4.72 Å². The molecule has 0 saturated heterocycles. The monoisotopic (exact) mass is 334 g/mol. The molecule has 21 heavy (non-hydrogen) atoms. The molecule has 2 aromatic rings. The molecule has 0 radical (unpaired) electrons. The Morgan fingerprint density at radius 2 is 1.95 bits per heavy atom. The van der Waals surface area contributed by atoms with Crippen molar-refractivity contribution in [2.75, 3.05) is 4.72 Å². The third-order valence-electron chi connectivity index (χ3n) is 2.46. The molecule has 9 heteroatoms. The minimum atomic E-state index is -3.71. The lowest BCUT2D eigenvalue weighted by atomic mass is 10.3. The van der Waals surface area contributed by atoms with Crippen LogP contribution >= 0.6 is 11.3 Å². The fourth-order valence-electron chi connectivity index (χ4n) is 1.51. The zero-order valence-electron chi connectivity index (χ0n) is 10.6. The summed E-state index contributed by atoms with van der Waals surface area (Å²) in [6.45, 7) is -2.67. The van der Waals surface area contributed by atoms with Crippen LogP contribution in [0.2, 0.25) is 0 Å². The number of thiophene rings is 1. The summed E-state index contributed by atoms with van der Waals surface area (Å²) in [6, 6.07) is 6.67. The van der Waals surface area contributed by atoms with Crippen LogP contribution in [0.5, 0.6) is 5.75 Å². The van der Waals surface area contributed by atoms with Crippen LogP contribution in [0.15, 0.2) is 39.9 Å².